The molecule has 0 radical (unpaired) electrons. The van der Waals surface area contributed by atoms with Crippen molar-refractivity contribution in [2.75, 3.05) is 0 Å². The number of unbranched alkanes of at least 4 members (excludes halogenated alkanes) is 2. The minimum atomic E-state index is -3.50. The first-order valence-corrected chi connectivity index (χ1v) is 27.9. The van der Waals surface area contributed by atoms with Crippen LogP contribution in [0.1, 0.15) is 65.2 Å². The van der Waals surface area contributed by atoms with Crippen LogP contribution >= 0.6 is 0 Å². The van der Waals surface area contributed by atoms with Crippen LogP contribution in [-0.4, -0.2) is 85.4 Å². The Morgan fingerprint density at radius 2 is 0.904 bits per heavy atom. The highest BCUT2D eigenvalue weighted by atomic mass is 28.5. The summed E-state index contributed by atoms with van der Waals surface area (Å²) in [4.78, 5) is 82.5. The molecule has 0 heterocycles. The lowest BCUT2D eigenvalue weighted by Crippen LogP contribution is -2.68. The summed E-state index contributed by atoms with van der Waals surface area (Å²) in [7, 11) is -10.7. The summed E-state index contributed by atoms with van der Waals surface area (Å²) in [6.07, 6.45) is 5.88. The minimum Gasteiger partial charge on any atom is -0.481 e. The summed E-state index contributed by atoms with van der Waals surface area (Å²) in [5, 5.41) is 28.7. The monoisotopic (exact) mass is 804 g/mol. The van der Waals surface area contributed by atoms with Crippen LogP contribution in [0.3, 0.4) is 0 Å². The van der Waals surface area contributed by atoms with Crippen molar-refractivity contribution in [1.29, 1.82) is 0 Å². The van der Waals surface area contributed by atoms with E-state index >= 15 is 0 Å². The molecule has 0 fully saturated rings. The van der Waals surface area contributed by atoms with Crippen LogP contribution < -0.4 is 5.19 Å². The third-order valence-corrected chi connectivity index (χ3v) is 23.3. The number of carboxylic acid groups (broad SMARTS) is 3. The fourth-order valence-corrected chi connectivity index (χ4v) is 21.9. The molecule has 52 heavy (non-hydrogen) atoms. The van der Waals surface area contributed by atoms with Gasteiger partial charge in [0.2, 0.25) is 0 Å². The molecule has 1 rings (SSSR count). The van der Waals surface area contributed by atoms with Crippen LogP contribution in [0.15, 0.2) is 30.3 Å². The largest absolute Gasteiger partial charge is 0.505 e. The van der Waals surface area contributed by atoms with E-state index in [4.69, 9.17) is 46.2 Å². The third-order valence-electron chi connectivity index (χ3n) is 7.70. The maximum Gasteiger partial charge on any atom is 0.505 e. The molecule has 15 nitrogen and oxygen atoms in total. The highest BCUT2D eigenvalue weighted by molar-refractivity contribution is 6.96. The van der Waals surface area contributed by atoms with Gasteiger partial charge in [0.15, 0.2) is 25.0 Å². The molecule has 0 aliphatic carbocycles. The van der Waals surface area contributed by atoms with Crippen molar-refractivity contribution in [3.8, 4) is 0 Å². The molecule has 2 unspecified atom stereocenters. The van der Waals surface area contributed by atoms with Gasteiger partial charge in [0, 0.05) is 11.6 Å². The van der Waals surface area contributed by atoms with Gasteiger partial charge in [-0.05, 0) is 76.7 Å². The summed E-state index contributed by atoms with van der Waals surface area (Å²) >= 11 is 0. The van der Waals surface area contributed by atoms with E-state index in [9.17, 15) is 24.6 Å². The Balaban J connectivity index is -0.00000240. The average molecular weight is 805 g/mol. The Hall–Kier alpha value is -3.48. The van der Waals surface area contributed by atoms with Crippen LogP contribution in [0.2, 0.25) is 57.4 Å². The van der Waals surface area contributed by atoms with Gasteiger partial charge in [0.25, 0.3) is 0 Å². The molecule has 0 aliphatic heterocycles. The second-order valence-corrected chi connectivity index (χ2v) is 30.2. The molecular formula is C33H56O15Si4. The van der Waals surface area contributed by atoms with Crippen LogP contribution in [0.5, 0.6) is 0 Å². The molecule has 0 aromatic heterocycles. The van der Waals surface area contributed by atoms with Gasteiger partial charge in [-0.3, -0.25) is 14.4 Å². The highest BCUT2D eigenvalue weighted by Crippen LogP contribution is 2.32. The summed E-state index contributed by atoms with van der Waals surface area (Å²) in [5.74, 6) is -3.19. The van der Waals surface area contributed by atoms with Crippen molar-refractivity contribution in [1.82, 2.24) is 0 Å². The van der Waals surface area contributed by atoms with Crippen molar-refractivity contribution in [3.63, 3.8) is 0 Å². The van der Waals surface area contributed by atoms with Crippen LogP contribution in [-0.2, 0) is 55.5 Å². The summed E-state index contributed by atoms with van der Waals surface area (Å²) < 4.78 is 21.7. The smallest absolute Gasteiger partial charge is 0.481 e. The number of carboxylic acids is 3. The number of aliphatic carboxylic acids is 3. The van der Waals surface area contributed by atoms with E-state index in [1.165, 1.54) is 0 Å². The van der Waals surface area contributed by atoms with Crippen LogP contribution in [0.4, 0.5) is 0 Å². The van der Waals surface area contributed by atoms with E-state index in [1.54, 1.807) is 13.8 Å². The first kappa shape index (κ1) is 52.9. The molecule has 1 aromatic rings. The molecule has 1 aromatic carbocycles. The Morgan fingerprint density at radius 1 is 0.577 bits per heavy atom. The first-order valence-electron chi connectivity index (χ1n) is 16.9. The van der Waals surface area contributed by atoms with Gasteiger partial charge in [0.05, 0.1) is 11.8 Å². The Kier molecular flexibility index (Phi) is 28.5. The number of rotatable bonds is 23. The molecule has 0 saturated carbocycles. The van der Waals surface area contributed by atoms with Crippen LogP contribution in [0, 0.1) is 11.8 Å². The van der Waals surface area contributed by atoms with Crippen molar-refractivity contribution >= 4 is 75.3 Å². The lowest BCUT2D eigenvalue weighted by Gasteiger charge is -2.45. The zero-order valence-electron chi connectivity index (χ0n) is 31.6. The highest BCUT2D eigenvalue weighted by Gasteiger charge is 2.54. The Morgan fingerprint density at radius 3 is 1.21 bits per heavy atom. The number of hydrogen-bond acceptors (Lipinski definition) is 12. The maximum atomic E-state index is 11.4. The topological polar surface area (TPSA) is 242 Å². The molecule has 3 N–H and O–H groups in total. The second kappa shape index (κ2) is 28.1. The predicted molar refractivity (Wildman–Crippen MR) is 195 cm³/mol. The fraction of sp³-hybridized carbons (Fsp3) is 0.636. The zero-order valence-corrected chi connectivity index (χ0v) is 35.6. The fourth-order valence-electron chi connectivity index (χ4n) is 5.04. The molecule has 0 bridgehead atoms. The number of benzene rings is 1. The Labute approximate surface area is 310 Å². The standard InChI is InChI=1S/C30H56O9Si4.3CO2/c1-25(29(33)34)17-15-23-41(5,6)38-43(27-19-11-9-12-20-27,37-40(3,4)22-14-10-13-21-28(31)32)39-42(7,8)24-16-18-26(2)30(35)36;3*2-1-3/h9,11-12,19-20,25-26H,10,13-18,21-24H2,1-8H3,(H,31,32)(H,33,34)(H,35,36);;;. The van der Waals surface area contributed by atoms with Crippen molar-refractivity contribution in [3.05, 3.63) is 30.3 Å². The van der Waals surface area contributed by atoms with Gasteiger partial charge in [0.1, 0.15) is 0 Å². The summed E-state index contributed by atoms with van der Waals surface area (Å²) in [6.45, 7) is 16.4. The van der Waals surface area contributed by atoms with E-state index in [2.05, 4.69) is 39.3 Å². The Bertz CT molecular complexity index is 1220. The normalized spacial score (nSPS) is 13.2. The molecule has 0 aliphatic rings. The van der Waals surface area contributed by atoms with Gasteiger partial charge < -0.3 is 27.7 Å². The van der Waals surface area contributed by atoms with E-state index in [0.717, 1.165) is 49.0 Å². The summed E-state index contributed by atoms with van der Waals surface area (Å²) in [6, 6.07) is 12.3. The van der Waals surface area contributed by atoms with Crippen LogP contribution in [0.25, 0.3) is 0 Å². The second-order valence-electron chi connectivity index (χ2n) is 14.0. The quantitative estimate of drug-likeness (QED) is 0.0927. The third kappa shape index (κ3) is 27.2. The van der Waals surface area contributed by atoms with Crippen molar-refractivity contribution in [2.24, 2.45) is 11.8 Å². The van der Waals surface area contributed by atoms with E-state index < -0.39 is 63.5 Å². The molecule has 0 amide bonds. The molecule has 2 atom stereocenters. The van der Waals surface area contributed by atoms with Gasteiger partial charge >= 0.3 is 45.2 Å². The molecule has 294 valence electrons. The molecule has 19 heteroatoms. The van der Waals surface area contributed by atoms with Gasteiger partial charge in [-0.15, -0.1) is 0 Å². The minimum absolute atomic E-state index is 0.165. The van der Waals surface area contributed by atoms with E-state index in [1.807, 2.05) is 30.3 Å². The lowest BCUT2D eigenvalue weighted by atomic mass is 10.1. The van der Waals surface area contributed by atoms with E-state index in [0.29, 0.717) is 19.3 Å². The SMILES string of the molecule is CC(CCC[Si](C)(C)O[Si](O[Si](C)(C)CCCCCC(=O)O)(O[Si](C)(C)CCCC(C)C(=O)O)c1ccccc1)C(=O)O.O=C=O.O=C=O.O=C=O. The average Bonchev–Trinajstić information content (AvgIpc) is 3.01. The van der Waals surface area contributed by atoms with Gasteiger partial charge in [-0.1, -0.05) is 69.9 Å². The number of carbonyl (C=O) groups excluding carboxylic acids is 6. The number of carbonyl (C=O) groups is 3. The van der Waals surface area contributed by atoms with E-state index in [-0.39, 0.29) is 24.9 Å². The lowest BCUT2D eigenvalue weighted by molar-refractivity contribution is -0.193. The number of hydrogen-bond donors (Lipinski definition) is 3. The zero-order chi connectivity index (χ0) is 41.0. The summed E-state index contributed by atoms with van der Waals surface area (Å²) in [5.41, 5.74) is 0. The van der Waals surface area contributed by atoms with Gasteiger partial charge in [-0.2, -0.15) is 28.8 Å². The first-order chi connectivity index (χ1) is 24.0. The van der Waals surface area contributed by atoms with Gasteiger partial charge in [-0.25, -0.2) is 0 Å². The molecule has 0 spiro atoms. The predicted octanol–water partition coefficient (Wildman–Crippen LogP) is 5.39. The molecular weight excluding hydrogens is 749 g/mol. The van der Waals surface area contributed by atoms with Crippen molar-refractivity contribution in [2.45, 2.75) is 123 Å². The van der Waals surface area contributed by atoms with Crippen molar-refractivity contribution < 1.29 is 70.8 Å². The maximum absolute atomic E-state index is 11.4. The molecule has 0 saturated heterocycles.